The molecule has 0 aromatic carbocycles. The van der Waals surface area contributed by atoms with Crippen molar-refractivity contribution in [2.24, 2.45) is 0 Å². The predicted molar refractivity (Wildman–Crippen MR) is 87.2 cm³/mol. The Morgan fingerprint density at radius 2 is 2.17 bits per heavy atom. The molecule has 2 saturated heterocycles. The summed E-state index contributed by atoms with van der Waals surface area (Å²) in [7, 11) is 0. The van der Waals surface area contributed by atoms with Gasteiger partial charge in [-0.15, -0.1) is 23.7 Å². The first-order chi connectivity index (χ1) is 10.9. The van der Waals surface area contributed by atoms with Gasteiger partial charge in [-0.25, -0.2) is 4.98 Å². The molecule has 2 fully saturated rings. The molecule has 2 aliphatic heterocycles. The van der Waals surface area contributed by atoms with Crippen LogP contribution in [-0.4, -0.2) is 59.5 Å². The van der Waals surface area contributed by atoms with E-state index in [1.807, 2.05) is 4.90 Å². The molecule has 1 N–H and O–H groups in total. The van der Waals surface area contributed by atoms with Crippen molar-refractivity contribution in [2.75, 3.05) is 32.7 Å². The Bertz CT molecular complexity index is 568. The SMILES string of the molecule is Cl.O=C1CNCCN1C1CCCN(Cc2cnc(C(F)(F)F)s2)C1. The molecular formula is C14H20ClF3N4OS. The number of rotatable bonds is 3. The van der Waals surface area contributed by atoms with Crippen molar-refractivity contribution >= 4 is 29.7 Å². The van der Waals surface area contributed by atoms with E-state index in [0.717, 1.165) is 25.9 Å². The second kappa shape index (κ2) is 7.99. The maximum atomic E-state index is 12.6. The van der Waals surface area contributed by atoms with E-state index in [0.29, 0.717) is 42.4 Å². The van der Waals surface area contributed by atoms with Crippen molar-refractivity contribution in [2.45, 2.75) is 31.6 Å². The number of piperidine rings is 1. The van der Waals surface area contributed by atoms with Crippen LogP contribution in [-0.2, 0) is 17.5 Å². The Labute approximate surface area is 148 Å². The lowest BCUT2D eigenvalue weighted by atomic mass is 10.0. The van der Waals surface area contributed by atoms with E-state index in [4.69, 9.17) is 0 Å². The monoisotopic (exact) mass is 384 g/mol. The van der Waals surface area contributed by atoms with Crippen LogP contribution in [0.1, 0.15) is 22.7 Å². The standard InChI is InChI=1S/C14H19F3N4OS.ClH/c15-14(16,17)13-19-6-11(23-13)9-20-4-1-2-10(8-20)21-5-3-18-7-12(21)22;/h6,10,18H,1-5,7-9H2;1H. The second-order valence-electron chi connectivity index (χ2n) is 5.92. The Morgan fingerprint density at radius 3 is 2.83 bits per heavy atom. The number of thiazole rings is 1. The van der Waals surface area contributed by atoms with Crippen LogP contribution in [0, 0.1) is 0 Å². The predicted octanol–water partition coefficient (Wildman–Crippen LogP) is 1.98. The van der Waals surface area contributed by atoms with Crippen molar-refractivity contribution in [3.05, 3.63) is 16.1 Å². The highest BCUT2D eigenvalue weighted by molar-refractivity contribution is 7.11. The third-order valence-corrected chi connectivity index (χ3v) is 5.25. The van der Waals surface area contributed by atoms with E-state index in [1.54, 1.807) is 0 Å². The summed E-state index contributed by atoms with van der Waals surface area (Å²) in [6, 6.07) is 0.161. The van der Waals surface area contributed by atoms with Gasteiger partial charge in [0.1, 0.15) is 0 Å². The Morgan fingerprint density at radius 1 is 1.38 bits per heavy atom. The van der Waals surface area contributed by atoms with Crippen LogP contribution < -0.4 is 5.32 Å². The fraction of sp³-hybridized carbons (Fsp3) is 0.714. The van der Waals surface area contributed by atoms with E-state index >= 15 is 0 Å². The highest BCUT2D eigenvalue weighted by Gasteiger charge is 2.35. The van der Waals surface area contributed by atoms with E-state index in [-0.39, 0.29) is 24.4 Å². The van der Waals surface area contributed by atoms with Gasteiger partial charge in [0.15, 0.2) is 5.01 Å². The number of carbonyl (C=O) groups excluding carboxylic acids is 1. The molecule has 1 atom stereocenters. The summed E-state index contributed by atoms with van der Waals surface area (Å²) in [4.78, 5) is 20.1. The van der Waals surface area contributed by atoms with E-state index in [1.165, 1.54) is 6.20 Å². The number of hydrogen-bond donors (Lipinski definition) is 1. The lowest BCUT2D eigenvalue weighted by molar-refractivity contribution is -0.137. The minimum atomic E-state index is -4.37. The van der Waals surface area contributed by atoms with Gasteiger partial charge in [0.25, 0.3) is 0 Å². The van der Waals surface area contributed by atoms with Crippen molar-refractivity contribution in [1.29, 1.82) is 0 Å². The molecule has 5 nitrogen and oxygen atoms in total. The van der Waals surface area contributed by atoms with Crippen molar-refractivity contribution < 1.29 is 18.0 Å². The normalized spacial score (nSPS) is 23.2. The highest BCUT2D eigenvalue weighted by Crippen LogP contribution is 2.33. The van der Waals surface area contributed by atoms with Gasteiger partial charge in [-0.2, -0.15) is 13.2 Å². The number of halogens is 4. The minimum Gasteiger partial charge on any atom is -0.336 e. The number of carbonyl (C=O) groups is 1. The molecule has 3 rings (SSSR count). The van der Waals surface area contributed by atoms with Crippen LogP contribution in [0.25, 0.3) is 0 Å². The lowest BCUT2D eigenvalue weighted by Crippen LogP contribution is -2.56. The van der Waals surface area contributed by atoms with E-state index < -0.39 is 11.2 Å². The summed E-state index contributed by atoms with van der Waals surface area (Å²) in [6.07, 6.45) is -1.15. The number of hydrogen-bond acceptors (Lipinski definition) is 5. The number of nitrogens with one attached hydrogen (secondary N) is 1. The summed E-state index contributed by atoms with van der Waals surface area (Å²) in [5.74, 6) is 0.111. The van der Waals surface area contributed by atoms with Crippen LogP contribution in [0.4, 0.5) is 13.2 Å². The lowest BCUT2D eigenvalue weighted by Gasteiger charge is -2.41. The summed E-state index contributed by atoms with van der Waals surface area (Å²) in [5, 5.41) is 2.26. The molecule has 1 unspecified atom stereocenters. The minimum absolute atomic E-state index is 0. The van der Waals surface area contributed by atoms with Crippen LogP contribution in [0.3, 0.4) is 0 Å². The smallest absolute Gasteiger partial charge is 0.336 e. The third kappa shape index (κ3) is 4.59. The molecule has 1 aromatic heterocycles. The molecular weight excluding hydrogens is 365 g/mol. The number of piperazine rings is 1. The van der Waals surface area contributed by atoms with Gasteiger partial charge in [-0.05, 0) is 19.4 Å². The molecule has 1 amide bonds. The van der Waals surface area contributed by atoms with Crippen LogP contribution in [0.5, 0.6) is 0 Å². The van der Waals surface area contributed by atoms with Crippen molar-refractivity contribution in [3.8, 4) is 0 Å². The molecule has 136 valence electrons. The zero-order valence-corrected chi connectivity index (χ0v) is 14.6. The maximum Gasteiger partial charge on any atom is 0.443 e. The number of likely N-dealkylation sites (tertiary alicyclic amines) is 1. The van der Waals surface area contributed by atoms with Crippen LogP contribution >= 0.6 is 23.7 Å². The molecule has 3 heterocycles. The molecule has 0 radical (unpaired) electrons. The average molecular weight is 385 g/mol. The summed E-state index contributed by atoms with van der Waals surface area (Å²) < 4.78 is 37.8. The largest absolute Gasteiger partial charge is 0.443 e. The Balaban J connectivity index is 0.00000208. The highest BCUT2D eigenvalue weighted by atomic mass is 35.5. The van der Waals surface area contributed by atoms with E-state index in [2.05, 4.69) is 15.2 Å². The number of nitrogens with zero attached hydrogens (tertiary/aromatic N) is 3. The van der Waals surface area contributed by atoms with Crippen LogP contribution in [0.2, 0.25) is 0 Å². The molecule has 1 aromatic rings. The summed E-state index contributed by atoms with van der Waals surface area (Å²) >= 11 is 0.703. The van der Waals surface area contributed by atoms with Gasteiger partial charge in [0, 0.05) is 43.3 Å². The fourth-order valence-corrected chi connectivity index (χ4v) is 3.99. The van der Waals surface area contributed by atoms with Gasteiger partial charge in [-0.1, -0.05) is 0 Å². The molecule has 0 bridgehead atoms. The summed E-state index contributed by atoms with van der Waals surface area (Å²) in [6.45, 7) is 3.90. The van der Waals surface area contributed by atoms with Crippen LogP contribution in [0.15, 0.2) is 6.20 Å². The molecule has 10 heteroatoms. The molecule has 0 spiro atoms. The Hall–Kier alpha value is -0.900. The van der Waals surface area contributed by atoms with Crippen molar-refractivity contribution in [1.82, 2.24) is 20.1 Å². The molecule has 2 aliphatic rings. The van der Waals surface area contributed by atoms with Gasteiger partial charge in [-0.3, -0.25) is 9.69 Å². The van der Waals surface area contributed by atoms with Gasteiger partial charge >= 0.3 is 6.18 Å². The average Bonchev–Trinajstić information content (AvgIpc) is 2.97. The summed E-state index contributed by atoms with van der Waals surface area (Å²) in [5.41, 5.74) is 0. The first-order valence-electron chi connectivity index (χ1n) is 7.68. The quantitative estimate of drug-likeness (QED) is 0.865. The fourth-order valence-electron chi connectivity index (χ4n) is 3.17. The number of amides is 1. The topological polar surface area (TPSA) is 48.5 Å². The van der Waals surface area contributed by atoms with Gasteiger partial charge in [0.05, 0.1) is 6.54 Å². The number of alkyl halides is 3. The molecule has 24 heavy (non-hydrogen) atoms. The van der Waals surface area contributed by atoms with Gasteiger partial charge < -0.3 is 10.2 Å². The zero-order valence-electron chi connectivity index (χ0n) is 13.0. The Kier molecular flexibility index (Phi) is 6.46. The third-order valence-electron chi connectivity index (χ3n) is 4.22. The van der Waals surface area contributed by atoms with Crippen molar-refractivity contribution in [3.63, 3.8) is 0 Å². The second-order valence-corrected chi connectivity index (χ2v) is 7.04. The van der Waals surface area contributed by atoms with E-state index in [9.17, 15) is 18.0 Å². The molecule has 0 aliphatic carbocycles. The maximum absolute atomic E-state index is 12.6. The van der Waals surface area contributed by atoms with Gasteiger partial charge in [0.2, 0.25) is 5.91 Å². The first-order valence-corrected chi connectivity index (χ1v) is 8.49. The zero-order chi connectivity index (χ0) is 16.4. The number of aromatic nitrogens is 1. The first kappa shape index (κ1) is 19.4. The molecule has 0 saturated carbocycles.